The summed E-state index contributed by atoms with van der Waals surface area (Å²) >= 11 is -0.194. The molecule has 0 aromatic heterocycles. The average Bonchev–Trinajstić information content (AvgIpc) is 1.19. The molecule has 0 aliphatic heterocycles. The van der Waals surface area contributed by atoms with E-state index in [4.69, 9.17) is 5.73 Å². The second-order valence-corrected chi connectivity index (χ2v) is 16.8. The molecule has 0 saturated heterocycles. The molecule has 0 bridgehead atoms. The molecule has 3 heteroatoms. The van der Waals surface area contributed by atoms with Gasteiger partial charge in [0.15, 0.2) is 0 Å². The Labute approximate surface area is 67.8 Å². The molecule has 0 amide bonds. The fraction of sp³-hybridized carbons (Fsp3) is 1.00. The van der Waals surface area contributed by atoms with Gasteiger partial charge in [0.05, 0.1) is 0 Å². The van der Waals surface area contributed by atoms with Crippen molar-refractivity contribution in [3.05, 3.63) is 0 Å². The Morgan fingerprint density at radius 1 is 1.22 bits per heavy atom. The van der Waals surface area contributed by atoms with Crippen molar-refractivity contribution in [3.8, 4) is 0 Å². The zero-order valence-electron chi connectivity index (χ0n) is 7.58. The summed E-state index contributed by atoms with van der Waals surface area (Å²) in [5, 5.41) is 4.79. The topological polar surface area (TPSA) is 26.0 Å². The van der Waals surface area contributed by atoms with Crippen LogP contribution in [0.1, 0.15) is 20.8 Å². The van der Waals surface area contributed by atoms with E-state index in [9.17, 15) is 0 Å². The van der Waals surface area contributed by atoms with E-state index in [1.54, 1.807) is 0 Å². The van der Waals surface area contributed by atoms with Gasteiger partial charge in [0.1, 0.15) is 0 Å². The van der Waals surface area contributed by atoms with Crippen molar-refractivity contribution in [1.82, 2.24) is 0 Å². The summed E-state index contributed by atoms with van der Waals surface area (Å²) in [5.74, 6) is 0. The van der Waals surface area contributed by atoms with Gasteiger partial charge in [-0.2, -0.15) is 0 Å². The molecule has 0 aromatic carbocycles. The van der Waals surface area contributed by atoms with E-state index < -0.39 is 0 Å². The van der Waals surface area contributed by atoms with Gasteiger partial charge >= 0.3 is 35.7 Å². The Hall–Kier alpha value is 0.891. The molecule has 0 unspecified atom stereocenters. The second kappa shape index (κ2) is 5.66. The van der Waals surface area contributed by atoms with Crippen LogP contribution < -0.4 is 5.73 Å². The summed E-state index contributed by atoms with van der Waals surface area (Å²) in [6, 6.07) is 0. The molecule has 0 heterocycles. The van der Waals surface area contributed by atoms with Crippen LogP contribution in [0.25, 0.3) is 0 Å². The molecule has 57 valence electrons. The minimum atomic E-state index is -0.194. The van der Waals surface area contributed by atoms with Crippen LogP contribution in [-0.4, -0.2) is 13.6 Å². The van der Waals surface area contributed by atoms with Crippen molar-refractivity contribution in [2.45, 2.75) is 36.8 Å². The van der Waals surface area contributed by atoms with E-state index in [1.807, 2.05) is 20.8 Å². The van der Waals surface area contributed by atoms with Crippen LogP contribution in [-0.2, 0) is 17.1 Å². The molecule has 0 radical (unpaired) electrons. The summed E-state index contributed by atoms with van der Waals surface area (Å²) in [7, 11) is 1.52. The van der Waals surface area contributed by atoms with Gasteiger partial charge in [0, 0.05) is 5.54 Å². The van der Waals surface area contributed by atoms with Crippen molar-refractivity contribution in [2.24, 2.45) is 5.73 Å². The van der Waals surface area contributed by atoms with Gasteiger partial charge < -0.3 is 5.73 Å². The van der Waals surface area contributed by atoms with Crippen molar-refractivity contribution < 1.29 is 17.1 Å². The molecule has 0 aromatic rings. The zero-order valence-corrected chi connectivity index (χ0v) is 11.1. The molecule has 0 fully saturated rings. The monoisotopic (exact) mass is 182 g/mol. The number of nitrogens with two attached hydrogens (primary N) is 1. The Balaban J connectivity index is 0. The molecule has 0 rings (SSSR count). The van der Waals surface area contributed by atoms with E-state index >= 15 is 0 Å². The number of rotatable bonds is 0. The molecular weight excluding hydrogens is 162 g/mol. The van der Waals surface area contributed by atoms with E-state index in [0.717, 1.165) is 0 Å². The fourth-order valence-corrected chi connectivity index (χ4v) is 0. The third-order valence-electron chi connectivity index (χ3n) is 0. The molecule has 0 saturated carbocycles. The maximum atomic E-state index is 5.35. The molecule has 0 atom stereocenters. The summed E-state index contributed by atoms with van der Waals surface area (Å²) < 4.78 is 0. The van der Waals surface area contributed by atoms with Gasteiger partial charge in [0.2, 0.25) is 0 Å². The average molecular weight is 182 g/mol. The van der Waals surface area contributed by atoms with Crippen LogP contribution in [0.2, 0.25) is 10.5 Å². The SMILES string of the molecule is CC(C)(C)N.[CH3][Ti]([CH3])[SiH3]. The summed E-state index contributed by atoms with van der Waals surface area (Å²) in [5.41, 5.74) is 5.35. The standard InChI is InChI=1S/C4H11N.2CH3.H3Si.Ti/c1-4(2,3)5;;;;/h5H2,1-3H3;3*1H3;. The summed E-state index contributed by atoms with van der Waals surface area (Å²) in [6.45, 7) is 5.90. The Kier molecular flexibility index (Phi) is 7.90. The van der Waals surface area contributed by atoms with Crippen LogP contribution in [0.5, 0.6) is 0 Å². The first kappa shape index (κ1) is 12.6. The number of hydrogen-bond donors (Lipinski definition) is 1. The number of hydrogen-bond acceptors (Lipinski definition) is 1. The van der Waals surface area contributed by atoms with Gasteiger partial charge in [-0.15, -0.1) is 0 Å². The molecule has 9 heavy (non-hydrogen) atoms. The van der Waals surface area contributed by atoms with Crippen molar-refractivity contribution in [3.63, 3.8) is 0 Å². The predicted octanol–water partition coefficient (Wildman–Crippen LogP) is 0.725. The quantitative estimate of drug-likeness (QED) is 0.549. The minimum absolute atomic E-state index is 0. The molecule has 0 spiro atoms. The van der Waals surface area contributed by atoms with Gasteiger partial charge in [0.25, 0.3) is 0 Å². The molecule has 0 aliphatic carbocycles. The summed E-state index contributed by atoms with van der Waals surface area (Å²) in [4.78, 5) is 0. The van der Waals surface area contributed by atoms with E-state index in [-0.39, 0.29) is 22.7 Å². The molecule has 2 N–H and O–H groups in total. The van der Waals surface area contributed by atoms with Gasteiger partial charge in [-0.05, 0) is 20.8 Å². The van der Waals surface area contributed by atoms with Crippen LogP contribution in [0, 0.1) is 0 Å². The van der Waals surface area contributed by atoms with Gasteiger partial charge in [-0.25, -0.2) is 0 Å². The van der Waals surface area contributed by atoms with Gasteiger partial charge in [-0.1, -0.05) is 0 Å². The normalized spacial score (nSPS) is 10.0. The first-order valence-corrected chi connectivity index (χ1v) is 12.1. The van der Waals surface area contributed by atoms with Crippen LogP contribution in [0.4, 0.5) is 0 Å². The zero-order chi connectivity index (χ0) is 8.08. The third kappa shape index (κ3) is 532. The first-order chi connectivity index (χ1) is 3.73. The van der Waals surface area contributed by atoms with E-state index in [0.29, 0.717) is 0 Å². The van der Waals surface area contributed by atoms with Crippen molar-refractivity contribution in [1.29, 1.82) is 0 Å². The fourth-order valence-electron chi connectivity index (χ4n) is 0. The second-order valence-electron chi connectivity index (χ2n) is 3.87. The first-order valence-electron chi connectivity index (χ1n) is 3.29. The Bertz CT molecular complexity index is 49.8. The third-order valence-corrected chi connectivity index (χ3v) is 0. The van der Waals surface area contributed by atoms with Gasteiger partial charge in [-0.3, -0.25) is 0 Å². The van der Waals surface area contributed by atoms with Crippen LogP contribution in [0.3, 0.4) is 0 Å². The van der Waals surface area contributed by atoms with E-state index in [2.05, 4.69) is 10.5 Å². The van der Waals surface area contributed by atoms with Crippen molar-refractivity contribution in [2.75, 3.05) is 0 Å². The maximum absolute atomic E-state index is 5.35. The van der Waals surface area contributed by atoms with Crippen molar-refractivity contribution >= 4 is 8.11 Å². The molecule has 0 aliphatic rings. The summed E-state index contributed by atoms with van der Waals surface area (Å²) in [6.07, 6.45) is 0. The van der Waals surface area contributed by atoms with Crippen LogP contribution in [0.15, 0.2) is 0 Å². The molecule has 1 nitrogen and oxygen atoms in total. The Morgan fingerprint density at radius 2 is 1.22 bits per heavy atom. The van der Waals surface area contributed by atoms with Crippen LogP contribution >= 0.6 is 0 Å². The predicted molar refractivity (Wildman–Crippen MR) is 45.6 cm³/mol. The Morgan fingerprint density at radius 3 is 1.22 bits per heavy atom. The van der Waals surface area contributed by atoms with E-state index in [1.165, 1.54) is 8.11 Å². The molecular formula is C6H20NSiTi.